The van der Waals surface area contributed by atoms with Crippen molar-refractivity contribution in [1.82, 2.24) is 14.9 Å². The number of carbonyl (C=O) groups excluding carboxylic acids is 1. The van der Waals surface area contributed by atoms with Crippen molar-refractivity contribution in [2.45, 2.75) is 25.3 Å². The normalized spacial score (nSPS) is 16.2. The highest BCUT2D eigenvalue weighted by molar-refractivity contribution is 7.13. The zero-order valence-corrected chi connectivity index (χ0v) is 18.0. The minimum atomic E-state index is -0.290. The van der Waals surface area contributed by atoms with Crippen molar-refractivity contribution < 1.29 is 4.79 Å². The fourth-order valence-electron chi connectivity index (χ4n) is 3.47. The number of aromatic nitrogens is 2. The number of nitrogens with one attached hydrogen (secondary N) is 2. The van der Waals surface area contributed by atoms with Crippen LogP contribution < -0.4 is 16.4 Å². The largest absolute Gasteiger partial charge is 0.397 e. The van der Waals surface area contributed by atoms with Gasteiger partial charge in [0.1, 0.15) is 0 Å². The molecule has 0 saturated carbocycles. The number of benzene rings is 1. The van der Waals surface area contributed by atoms with Gasteiger partial charge in [-0.1, -0.05) is 12.1 Å². The van der Waals surface area contributed by atoms with Crippen molar-refractivity contribution in [2.75, 3.05) is 36.5 Å². The Morgan fingerprint density at radius 1 is 1.20 bits per heavy atom. The van der Waals surface area contributed by atoms with Gasteiger partial charge in [-0.05, 0) is 56.0 Å². The Morgan fingerprint density at radius 3 is 2.60 bits per heavy atom. The third-order valence-corrected chi connectivity index (χ3v) is 6.44. The number of nitrogen functional groups attached to an aromatic ring is 1. The summed E-state index contributed by atoms with van der Waals surface area (Å²) in [5, 5.41) is 8.32. The molecule has 0 spiro atoms. The topological polar surface area (TPSA) is 96.2 Å². The van der Waals surface area contributed by atoms with Crippen LogP contribution >= 0.6 is 11.3 Å². The first-order valence-electron chi connectivity index (χ1n) is 9.95. The Kier molecular flexibility index (Phi) is 5.69. The summed E-state index contributed by atoms with van der Waals surface area (Å²) in [7, 11) is 2.13. The van der Waals surface area contributed by atoms with Crippen LogP contribution in [0.1, 0.15) is 30.1 Å². The SMILES string of the molecule is CN1CCC(C)(Nc2ncc(C(=O)Nc3cc(-c4cccs4)ccc3N)cn2)CC1. The third kappa shape index (κ3) is 4.60. The average molecular weight is 423 g/mol. The maximum absolute atomic E-state index is 12.7. The summed E-state index contributed by atoms with van der Waals surface area (Å²) in [5.74, 6) is 0.250. The quantitative estimate of drug-likeness (QED) is 0.539. The van der Waals surface area contributed by atoms with Gasteiger partial charge in [-0.2, -0.15) is 0 Å². The number of piperidine rings is 1. The second-order valence-electron chi connectivity index (χ2n) is 8.02. The van der Waals surface area contributed by atoms with Gasteiger partial charge in [0.25, 0.3) is 5.91 Å². The molecule has 156 valence electrons. The van der Waals surface area contributed by atoms with E-state index in [1.165, 1.54) is 0 Å². The first-order chi connectivity index (χ1) is 14.4. The molecule has 0 radical (unpaired) electrons. The molecule has 0 unspecified atom stereocenters. The van der Waals surface area contributed by atoms with Gasteiger partial charge in [-0.25, -0.2) is 9.97 Å². The Bertz CT molecular complexity index is 1010. The summed E-state index contributed by atoms with van der Waals surface area (Å²) in [4.78, 5) is 24.8. The molecule has 0 atom stereocenters. The number of nitrogens with two attached hydrogens (primary N) is 1. The van der Waals surface area contributed by atoms with Crippen LogP contribution in [0.4, 0.5) is 17.3 Å². The zero-order valence-electron chi connectivity index (χ0n) is 17.2. The Labute approximate surface area is 180 Å². The fraction of sp³-hybridized carbons (Fsp3) is 0.318. The van der Waals surface area contributed by atoms with Crippen LogP contribution in [0.2, 0.25) is 0 Å². The van der Waals surface area contributed by atoms with Crippen molar-refractivity contribution in [3.8, 4) is 10.4 Å². The van der Waals surface area contributed by atoms with Crippen LogP contribution in [-0.4, -0.2) is 46.5 Å². The van der Waals surface area contributed by atoms with Gasteiger partial charge in [0.2, 0.25) is 5.95 Å². The number of thiophene rings is 1. The molecular formula is C22H26N6OS. The second-order valence-corrected chi connectivity index (χ2v) is 8.97. The first kappa shape index (κ1) is 20.3. The molecule has 1 amide bonds. The predicted octanol–water partition coefficient (Wildman–Crippen LogP) is 3.94. The maximum atomic E-state index is 12.7. The van der Waals surface area contributed by atoms with Crippen LogP contribution in [0.3, 0.4) is 0 Å². The van der Waals surface area contributed by atoms with Crippen molar-refractivity contribution in [3.63, 3.8) is 0 Å². The van der Waals surface area contributed by atoms with Crippen molar-refractivity contribution >= 4 is 34.6 Å². The van der Waals surface area contributed by atoms with E-state index >= 15 is 0 Å². The van der Waals surface area contributed by atoms with Gasteiger partial charge >= 0.3 is 0 Å². The molecule has 4 rings (SSSR count). The number of carbonyl (C=O) groups is 1. The van der Waals surface area contributed by atoms with Gasteiger partial charge in [0.15, 0.2) is 0 Å². The molecule has 7 nitrogen and oxygen atoms in total. The summed E-state index contributed by atoms with van der Waals surface area (Å²) in [5.41, 5.74) is 8.51. The van der Waals surface area contributed by atoms with Crippen LogP contribution in [0.5, 0.6) is 0 Å². The van der Waals surface area contributed by atoms with E-state index in [0.717, 1.165) is 36.4 Å². The third-order valence-electron chi connectivity index (χ3n) is 5.53. The van der Waals surface area contributed by atoms with Crippen molar-refractivity contribution in [3.05, 3.63) is 53.7 Å². The number of anilines is 3. The fourth-order valence-corrected chi connectivity index (χ4v) is 4.20. The highest BCUT2D eigenvalue weighted by Crippen LogP contribution is 2.30. The molecule has 0 aliphatic carbocycles. The van der Waals surface area contributed by atoms with Gasteiger partial charge in [-0.3, -0.25) is 4.79 Å². The molecule has 1 aliphatic heterocycles. The lowest BCUT2D eigenvalue weighted by molar-refractivity contribution is 0.102. The van der Waals surface area contributed by atoms with Crippen molar-refractivity contribution in [1.29, 1.82) is 0 Å². The lowest BCUT2D eigenvalue weighted by atomic mass is 9.90. The number of nitrogens with zero attached hydrogens (tertiary/aromatic N) is 3. The van der Waals surface area contributed by atoms with Crippen LogP contribution in [-0.2, 0) is 0 Å². The smallest absolute Gasteiger partial charge is 0.258 e. The van der Waals surface area contributed by atoms with Gasteiger partial charge in [0.05, 0.1) is 16.9 Å². The second kappa shape index (κ2) is 8.41. The minimum Gasteiger partial charge on any atom is -0.397 e. The lowest BCUT2D eigenvalue weighted by Gasteiger charge is -2.38. The molecule has 0 bridgehead atoms. The number of amides is 1. The van der Waals surface area contributed by atoms with Crippen molar-refractivity contribution in [2.24, 2.45) is 0 Å². The molecule has 8 heteroatoms. The van der Waals surface area contributed by atoms with Gasteiger partial charge < -0.3 is 21.3 Å². The number of hydrogen-bond donors (Lipinski definition) is 3. The molecule has 1 fully saturated rings. The first-order valence-corrected chi connectivity index (χ1v) is 10.8. The standard InChI is InChI=1S/C22H26N6OS/c1-22(7-9-28(2)10-8-22)27-21-24-13-16(14-25-21)20(29)26-18-12-15(5-6-17(18)23)19-4-3-11-30-19/h3-6,11-14H,7-10,23H2,1-2H3,(H,26,29)(H,24,25,27). The van der Waals surface area contributed by atoms with E-state index in [2.05, 4.69) is 39.5 Å². The molecule has 1 aromatic carbocycles. The highest BCUT2D eigenvalue weighted by atomic mass is 32.1. The molecule has 1 saturated heterocycles. The molecule has 3 heterocycles. The predicted molar refractivity (Wildman–Crippen MR) is 123 cm³/mol. The Balaban J connectivity index is 1.44. The van der Waals surface area contributed by atoms with E-state index in [0.29, 0.717) is 22.9 Å². The van der Waals surface area contributed by atoms with E-state index in [1.54, 1.807) is 29.8 Å². The number of rotatable bonds is 5. The van der Waals surface area contributed by atoms with Crippen LogP contribution in [0.15, 0.2) is 48.1 Å². The molecule has 4 N–H and O–H groups in total. The number of hydrogen-bond acceptors (Lipinski definition) is 7. The van der Waals surface area contributed by atoms with E-state index in [9.17, 15) is 4.79 Å². The summed E-state index contributed by atoms with van der Waals surface area (Å²) < 4.78 is 0. The van der Waals surface area contributed by atoms with E-state index < -0.39 is 0 Å². The molecular weight excluding hydrogens is 396 g/mol. The van der Waals surface area contributed by atoms with Crippen LogP contribution in [0.25, 0.3) is 10.4 Å². The highest BCUT2D eigenvalue weighted by Gasteiger charge is 2.29. The lowest BCUT2D eigenvalue weighted by Crippen LogP contribution is -2.46. The molecule has 1 aliphatic rings. The molecule has 2 aromatic heterocycles. The molecule has 3 aromatic rings. The summed E-state index contributed by atoms with van der Waals surface area (Å²) >= 11 is 1.64. The minimum absolute atomic E-state index is 0.0348. The molecule has 30 heavy (non-hydrogen) atoms. The zero-order chi connectivity index (χ0) is 21.1. The Hall–Kier alpha value is -2.97. The Morgan fingerprint density at radius 2 is 1.93 bits per heavy atom. The summed E-state index contributed by atoms with van der Waals surface area (Å²) in [6.45, 7) is 4.26. The van der Waals surface area contributed by atoms with Gasteiger partial charge in [-0.15, -0.1) is 11.3 Å². The summed E-state index contributed by atoms with van der Waals surface area (Å²) in [6.07, 6.45) is 5.13. The van der Waals surface area contributed by atoms with E-state index in [1.807, 2.05) is 29.6 Å². The van der Waals surface area contributed by atoms with E-state index in [4.69, 9.17) is 5.73 Å². The average Bonchev–Trinajstić information content (AvgIpc) is 3.27. The van der Waals surface area contributed by atoms with Crippen LogP contribution in [0, 0.1) is 0 Å². The maximum Gasteiger partial charge on any atom is 0.258 e. The number of likely N-dealkylation sites (tertiary alicyclic amines) is 1. The monoisotopic (exact) mass is 422 g/mol. The van der Waals surface area contributed by atoms with E-state index in [-0.39, 0.29) is 11.4 Å². The van der Waals surface area contributed by atoms with Gasteiger partial charge in [0, 0.05) is 35.9 Å². The summed E-state index contributed by atoms with van der Waals surface area (Å²) in [6, 6.07) is 9.66.